The van der Waals surface area contributed by atoms with Gasteiger partial charge in [0.05, 0.1) is 0 Å². The fourth-order valence-electron chi connectivity index (χ4n) is 1.57. The average Bonchev–Trinajstić information content (AvgIpc) is 2.26. The van der Waals surface area contributed by atoms with Crippen LogP contribution < -0.4 is 10.1 Å². The number of rotatable bonds is 6. The smallest absolute Gasteiger partial charge is 0.119 e. The number of ether oxygens (including phenoxy) is 1. The SMILES string of the molecule is CCNC(COc1ccc(C)cc1)C(C)C. The van der Waals surface area contributed by atoms with Gasteiger partial charge in [0.25, 0.3) is 0 Å². The van der Waals surface area contributed by atoms with Crippen molar-refractivity contribution in [1.29, 1.82) is 0 Å². The quantitative estimate of drug-likeness (QED) is 0.797. The van der Waals surface area contributed by atoms with Crippen LogP contribution in [0, 0.1) is 12.8 Å². The van der Waals surface area contributed by atoms with Crippen LogP contribution in [-0.4, -0.2) is 19.2 Å². The minimum absolute atomic E-state index is 0.423. The first kappa shape index (κ1) is 13.0. The van der Waals surface area contributed by atoms with E-state index in [9.17, 15) is 0 Å². The van der Waals surface area contributed by atoms with Crippen molar-refractivity contribution in [2.75, 3.05) is 13.2 Å². The van der Waals surface area contributed by atoms with Crippen LogP contribution >= 0.6 is 0 Å². The molecule has 0 saturated heterocycles. The number of hydrogen-bond acceptors (Lipinski definition) is 2. The molecule has 0 heterocycles. The van der Waals surface area contributed by atoms with E-state index in [0.717, 1.165) is 18.9 Å². The van der Waals surface area contributed by atoms with Crippen molar-refractivity contribution in [3.63, 3.8) is 0 Å². The van der Waals surface area contributed by atoms with Gasteiger partial charge >= 0.3 is 0 Å². The lowest BCUT2D eigenvalue weighted by atomic mass is 10.1. The maximum absolute atomic E-state index is 5.77. The van der Waals surface area contributed by atoms with Gasteiger partial charge in [0, 0.05) is 6.04 Å². The second-order valence-corrected chi connectivity index (χ2v) is 4.53. The third-order valence-corrected chi connectivity index (χ3v) is 2.72. The van der Waals surface area contributed by atoms with Gasteiger partial charge in [0.15, 0.2) is 0 Å². The number of aryl methyl sites for hydroxylation is 1. The summed E-state index contributed by atoms with van der Waals surface area (Å²) in [6.45, 7) is 10.4. The molecule has 2 heteroatoms. The molecule has 0 amide bonds. The van der Waals surface area contributed by atoms with Crippen LogP contribution in [0.25, 0.3) is 0 Å². The number of likely N-dealkylation sites (N-methyl/N-ethyl adjacent to an activating group) is 1. The molecular formula is C14H23NO. The summed E-state index contributed by atoms with van der Waals surface area (Å²) in [6.07, 6.45) is 0. The fraction of sp³-hybridized carbons (Fsp3) is 0.571. The lowest BCUT2D eigenvalue weighted by molar-refractivity contribution is 0.232. The summed E-state index contributed by atoms with van der Waals surface area (Å²) in [7, 11) is 0. The zero-order valence-electron chi connectivity index (χ0n) is 10.8. The molecular weight excluding hydrogens is 198 g/mol. The monoisotopic (exact) mass is 221 g/mol. The summed E-state index contributed by atoms with van der Waals surface area (Å²) in [5.74, 6) is 1.54. The molecule has 1 unspecified atom stereocenters. The predicted octanol–water partition coefficient (Wildman–Crippen LogP) is 3.01. The van der Waals surface area contributed by atoms with Crippen molar-refractivity contribution in [1.82, 2.24) is 5.32 Å². The highest BCUT2D eigenvalue weighted by Gasteiger charge is 2.12. The number of nitrogens with one attached hydrogen (secondary N) is 1. The van der Waals surface area contributed by atoms with E-state index in [1.165, 1.54) is 5.56 Å². The van der Waals surface area contributed by atoms with Crippen molar-refractivity contribution >= 4 is 0 Å². The Bertz CT molecular complexity index is 292. The Morgan fingerprint density at radius 2 is 1.81 bits per heavy atom. The highest BCUT2D eigenvalue weighted by Crippen LogP contribution is 2.12. The molecule has 0 aromatic heterocycles. The molecule has 0 aliphatic carbocycles. The highest BCUT2D eigenvalue weighted by atomic mass is 16.5. The van der Waals surface area contributed by atoms with E-state index in [-0.39, 0.29) is 0 Å². The maximum Gasteiger partial charge on any atom is 0.119 e. The topological polar surface area (TPSA) is 21.3 Å². The zero-order valence-corrected chi connectivity index (χ0v) is 10.8. The minimum Gasteiger partial charge on any atom is -0.492 e. The van der Waals surface area contributed by atoms with Crippen molar-refractivity contribution < 1.29 is 4.74 Å². The van der Waals surface area contributed by atoms with Gasteiger partial charge in [0.1, 0.15) is 12.4 Å². The first-order valence-electron chi connectivity index (χ1n) is 6.06. The number of hydrogen-bond donors (Lipinski definition) is 1. The average molecular weight is 221 g/mol. The van der Waals surface area contributed by atoms with Gasteiger partial charge in [-0.3, -0.25) is 0 Å². The van der Waals surface area contributed by atoms with E-state index in [2.05, 4.69) is 45.1 Å². The molecule has 0 radical (unpaired) electrons. The molecule has 0 saturated carbocycles. The van der Waals surface area contributed by atoms with Gasteiger partial charge in [-0.05, 0) is 31.5 Å². The summed E-state index contributed by atoms with van der Waals surface area (Å²) in [6, 6.07) is 8.63. The van der Waals surface area contributed by atoms with Gasteiger partial charge in [-0.1, -0.05) is 38.5 Å². The minimum atomic E-state index is 0.423. The van der Waals surface area contributed by atoms with Gasteiger partial charge in [-0.2, -0.15) is 0 Å². The van der Waals surface area contributed by atoms with E-state index >= 15 is 0 Å². The molecule has 0 aliphatic rings. The third kappa shape index (κ3) is 4.23. The first-order chi connectivity index (χ1) is 7.63. The molecule has 1 rings (SSSR count). The third-order valence-electron chi connectivity index (χ3n) is 2.72. The maximum atomic E-state index is 5.77. The van der Waals surface area contributed by atoms with Gasteiger partial charge < -0.3 is 10.1 Å². The zero-order chi connectivity index (χ0) is 12.0. The van der Waals surface area contributed by atoms with Crippen LogP contribution in [0.2, 0.25) is 0 Å². The van der Waals surface area contributed by atoms with E-state index in [1.54, 1.807) is 0 Å². The first-order valence-corrected chi connectivity index (χ1v) is 6.06. The molecule has 0 fully saturated rings. The summed E-state index contributed by atoms with van der Waals surface area (Å²) >= 11 is 0. The summed E-state index contributed by atoms with van der Waals surface area (Å²) in [5.41, 5.74) is 1.26. The molecule has 0 bridgehead atoms. The van der Waals surface area contributed by atoms with E-state index in [4.69, 9.17) is 4.74 Å². The van der Waals surface area contributed by atoms with Gasteiger partial charge in [-0.25, -0.2) is 0 Å². The fourth-order valence-corrected chi connectivity index (χ4v) is 1.57. The molecule has 1 aromatic carbocycles. The standard InChI is InChI=1S/C14H23NO/c1-5-15-14(11(2)3)10-16-13-8-6-12(4)7-9-13/h6-9,11,14-15H,5,10H2,1-4H3. The van der Waals surface area contributed by atoms with Gasteiger partial charge in [0.2, 0.25) is 0 Å². The molecule has 1 N–H and O–H groups in total. The summed E-state index contributed by atoms with van der Waals surface area (Å²) in [4.78, 5) is 0. The summed E-state index contributed by atoms with van der Waals surface area (Å²) < 4.78 is 5.77. The second kappa shape index (κ2) is 6.54. The molecule has 0 spiro atoms. The van der Waals surface area contributed by atoms with E-state index < -0.39 is 0 Å². The van der Waals surface area contributed by atoms with Crippen LogP contribution in [0.4, 0.5) is 0 Å². The van der Waals surface area contributed by atoms with Crippen LogP contribution in [0.1, 0.15) is 26.3 Å². The number of benzene rings is 1. The van der Waals surface area contributed by atoms with Crippen LogP contribution in [0.5, 0.6) is 5.75 Å². The lowest BCUT2D eigenvalue weighted by Crippen LogP contribution is -2.38. The lowest BCUT2D eigenvalue weighted by Gasteiger charge is -2.22. The molecule has 0 aliphatic heterocycles. The Morgan fingerprint density at radius 3 is 2.31 bits per heavy atom. The predicted molar refractivity (Wildman–Crippen MR) is 69.0 cm³/mol. The summed E-state index contributed by atoms with van der Waals surface area (Å²) in [5, 5.41) is 3.44. The van der Waals surface area contributed by atoms with Crippen LogP contribution in [-0.2, 0) is 0 Å². The van der Waals surface area contributed by atoms with Crippen LogP contribution in [0.3, 0.4) is 0 Å². The van der Waals surface area contributed by atoms with Crippen molar-refractivity contribution in [3.8, 4) is 5.75 Å². The van der Waals surface area contributed by atoms with Crippen molar-refractivity contribution in [3.05, 3.63) is 29.8 Å². The molecule has 1 aromatic rings. The van der Waals surface area contributed by atoms with E-state index in [1.807, 2.05) is 12.1 Å². The Morgan fingerprint density at radius 1 is 1.19 bits per heavy atom. The Labute approximate surface area is 99.0 Å². The van der Waals surface area contributed by atoms with Crippen LogP contribution in [0.15, 0.2) is 24.3 Å². The van der Waals surface area contributed by atoms with E-state index in [0.29, 0.717) is 12.0 Å². The Balaban J connectivity index is 2.45. The molecule has 16 heavy (non-hydrogen) atoms. The van der Waals surface area contributed by atoms with Gasteiger partial charge in [-0.15, -0.1) is 0 Å². The van der Waals surface area contributed by atoms with Crippen molar-refractivity contribution in [2.45, 2.75) is 33.7 Å². The molecule has 2 nitrogen and oxygen atoms in total. The Hall–Kier alpha value is -1.02. The van der Waals surface area contributed by atoms with Crippen molar-refractivity contribution in [2.24, 2.45) is 5.92 Å². The molecule has 1 atom stereocenters. The normalized spacial score (nSPS) is 12.8. The highest BCUT2D eigenvalue weighted by molar-refractivity contribution is 5.26. The largest absolute Gasteiger partial charge is 0.492 e. The Kier molecular flexibility index (Phi) is 5.33. The molecule has 90 valence electrons. The second-order valence-electron chi connectivity index (χ2n) is 4.53.